The first-order valence-corrected chi connectivity index (χ1v) is 5.92. The van der Waals surface area contributed by atoms with Crippen LogP contribution >= 0.6 is 0 Å². The van der Waals surface area contributed by atoms with Crippen LogP contribution in [0.4, 0.5) is 0 Å². The Balaban J connectivity index is 1.77. The maximum Gasteiger partial charge on any atom is 0.0312 e. The van der Waals surface area contributed by atoms with Crippen LogP contribution in [0.1, 0.15) is 5.56 Å². The largest absolute Gasteiger partial charge is 0.329 e. The predicted octanol–water partition coefficient (Wildman–Crippen LogP) is 0.158. The predicted molar refractivity (Wildman–Crippen MR) is 65.0 cm³/mol. The summed E-state index contributed by atoms with van der Waals surface area (Å²) in [7, 11) is 0. The van der Waals surface area contributed by atoms with E-state index in [9.17, 15) is 0 Å². The van der Waals surface area contributed by atoms with Crippen molar-refractivity contribution >= 4 is 0 Å². The van der Waals surface area contributed by atoms with Crippen molar-refractivity contribution < 1.29 is 0 Å². The molecular formula is C12H20N4. The Bertz CT molecular complexity index is 293. The first-order valence-electron chi connectivity index (χ1n) is 5.92. The molecule has 16 heavy (non-hydrogen) atoms. The maximum absolute atomic E-state index is 5.55. The normalized spacial score (nSPS) is 18.8. The quantitative estimate of drug-likeness (QED) is 0.785. The zero-order chi connectivity index (χ0) is 11.2. The van der Waals surface area contributed by atoms with Gasteiger partial charge in [0.05, 0.1) is 0 Å². The molecule has 0 radical (unpaired) electrons. The van der Waals surface area contributed by atoms with Crippen LogP contribution in [-0.4, -0.2) is 54.1 Å². The van der Waals surface area contributed by atoms with E-state index in [1.807, 2.05) is 18.5 Å². The van der Waals surface area contributed by atoms with E-state index in [1.54, 1.807) is 0 Å². The Morgan fingerprint density at radius 3 is 2.56 bits per heavy atom. The van der Waals surface area contributed by atoms with Gasteiger partial charge >= 0.3 is 0 Å². The molecule has 2 rings (SSSR count). The van der Waals surface area contributed by atoms with E-state index in [4.69, 9.17) is 5.73 Å². The second kappa shape index (κ2) is 5.94. The molecule has 2 N–H and O–H groups in total. The summed E-state index contributed by atoms with van der Waals surface area (Å²) in [6.07, 6.45) is 3.77. The third kappa shape index (κ3) is 3.27. The summed E-state index contributed by atoms with van der Waals surface area (Å²) in [5.41, 5.74) is 6.85. The molecule has 1 saturated heterocycles. The van der Waals surface area contributed by atoms with E-state index < -0.39 is 0 Å². The number of rotatable bonds is 4. The van der Waals surface area contributed by atoms with Gasteiger partial charge in [0.2, 0.25) is 0 Å². The van der Waals surface area contributed by atoms with Gasteiger partial charge in [-0.1, -0.05) is 6.07 Å². The molecule has 4 heteroatoms. The summed E-state index contributed by atoms with van der Waals surface area (Å²) in [6, 6.07) is 4.14. The van der Waals surface area contributed by atoms with E-state index in [0.717, 1.165) is 45.8 Å². The topological polar surface area (TPSA) is 45.4 Å². The zero-order valence-electron chi connectivity index (χ0n) is 9.68. The molecule has 1 aliphatic heterocycles. The molecule has 88 valence electrons. The second-order valence-electron chi connectivity index (χ2n) is 4.27. The van der Waals surface area contributed by atoms with Crippen molar-refractivity contribution in [3.63, 3.8) is 0 Å². The third-order valence-corrected chi connectivity index (χ3v) is 3.04. The van der Waals surface area contributed by atoms with Gasteiger partial charge in [0.25, 0.3) is 0 Å². The fourth-order valence-corrected chi connectivity index (χ4v) is 2.10. The highest BCUT2D eigenvalue weighted by Gasteiger charge is 2.15. The molecule has 0 aliphatic carbocycles. The number of aromatic nitrogens is 1. The number of hydrogen-bond acceptors (Lipinski definition) is 4. The van der Waals surface area contributed by atoms with Crippen LogP contribution in [0.3, 0.4) is 0 Å². The highest BCUT2D eigenvalue weighted by molar-refractivity contribution is 5.08. The standard InChI is InChI=1S/C12H20N4/c13-3-5-15-6-8-16(9-7-15)11-12-2-1-4-14-10-12/h1-2,4,10H,3,5-9,11,13H2. The van der Waals surface area contributed by atoms with Gasteiger partial charge < -0.3 is 5.73 Å². The summed E-state index contributed by atoms with van der Waals surface area (Å²) < 4.78 is 0. The minimum absolute atomic E-state index is 0.766. The SMILES string of the molecule is NCCN1CCN(Cc2cccnc2)CC1. The average molecular weight is 220 g/mol. The highest BCUT2D eigenvalue weighted by Crippen LogP contribution is 2.06. The lowest BCUT2D eigenvalue weighted by molar-refractivity contribution is 0.130. The van der Waals surface area contributed by atoms with Gasteiger partial charge in [-0.05, 0) is 11.6 Å². The van der Waals surface area contributed by atoms with E-state index in [1.165, 1.54) is 5.56 Å². The molecule has 0 spiro atoms. The first kappa shape index (κ1) is 11.5. The van der Waals surface area contributed by atoms with Gasteiger partial charge in [-0.25, -0.2) is 0 Å². The van der Waals surface area contributed by atoms with Crippen molar-refractivity contribution in [1.82, 2.24) is 14.8 Å². The van der Waals surface area contributed by atoms with Crippen molar-refractivity contribution in [2.45, 2.75) is 6.54 Å². The third-order valence-electron chi connectivity index (χ3n) is 3.04. The number of pyridine rings is 1. The molecule has 0 saturated carbocycles. The molecule has 0 bridgehead atoms. The molecule has 1 aromatic rings. The molecule has 4 nitrogen and oxygen atoms in total. The molecular weight excluding hydrogens is 200 g/mol. The molecule has 2 heterocycles. The Labute approximate surface area is 97.1 Å². The summed E-state index contributed by atoms with van der Waals surface area (Å²) in [5, 5.41) is 0. The van der Waals surface area contributed by atoms with Gasteiger partial charge in [0, 0.05) is 58.2 Å². The summed E-state index contributed by atoms with van der Waals surface area (Å²) in [4.78, 5) is 9.05. The Kier molecular flexibility index (Phi) is 4.27. The zero-order valence-corrected chi connectivity index (χ0v) is 9.68. The number of nitrogens with zero attached hydrogens (tertiary/aromatic N) is 3. The van der Waals surface area contributed by atoms with Gasteiger partial charge in [-0.2, -0.15) is 0 Å². The molecule has 1 fully saturated rings. The van der Waals surface area contributed by atoms with Crippen molar-refractivity contribution in [2.75, 3.05) is 39.3 Å². The summed E-state index contributed by atoms with van der Waals surface area (Å²) >= 11 is 0. The molecule has 0 atom stereocenters. The monoisotopic (exact) mass is 220 g/mol. The number of nitrogens with two attached hydrogens (primary N) is 1. The smallest absolute Gasteiger partial charge is 0.0312 e. The molecule has 1 aliphatic rings. The van der Waals surface area contributed by atoms with E-state index >= 15 is 0 Å². The van der Waals surface area contributed by atoms with E-state index in [-0.39, 0.29) is 0 Å². The fraction of sp³-hybridized carbons (Fsp3) is 0.583. The minimum Gasteiger partial charge on any atom is -0.329 e. The van der Waals surface area contributed by atoms with Crippen LogP contribution in [0.15, 0.2) is 24.5 Å². The highest BCUT2D eigenvalue weighted by atomic mass is 15.3. The minimum atomic E-state index is 0.766. The second-order valence-corrected chi connectivity index (χ2v) is 4.27. The van der Waals surface area contributed by atoms with Crippen LogP contribution in [-0.2, 0) is 6.54 Å². The van der Waals surface area contributed by atoms with Crippen molar-refractivity contribution in [3.05, 3.63) is 30.1 Å². The van der Waals surface area contributed by atoms with Gasteiger partial charge in [0.15, 0.2) is 0 Å². The molecule has 0 unspecified atom stereocenters. The van der Waals surface area contributed by atoms with Crippen molar-refractivity contribution in [3.8, 4) is 0 Å². The van der Waals surface area contributed by atoms with Crippen molar-refractivity contribution in [1.29, 1.82) is 0 Å². The molecule has 0 aromatic carbocycles. The lowest BCUT2D eigenvalue weighted by Gasteiger charge is -2.34. The lowest BCUT2D eigenvalue weighted by Crippen LogP contribution is -2.47. The van der Waals surface area contributed by atoms with Gasteiger partial charge in [-0.3, -0.25) is 14.8 Å². The van der Waals surface area contributed by atoms with Crippen LogP contribution in [0.2, 0.25) is 0 Å². The summed E-state index contributed by atoms with van der Waals surface area (Å²) in [6.45, 7) is 7.35. The van der Waals surface area contributed by atoms with Crippen molar-refractivity contribution in [2.24, 2.45) is 5.73 Å². The molecule has 0 amide bonds. The fourth-order valence-electron chi connectivity index (χ4n) is 2.10. The first-order chi connectivity index (χ1) is 7.88. The van der Waals surface area contributed by atoms with E-state index in [2.05, 4.69) is 20.9 Å². The Morgan fingerprint density at radius 2 is 1.94 bits per heavy atom. The number of hydrogen-bond donors (Lipinski definition) is 1. The maximum atomic E-state index is 5.55. The van der Waals surface area contributed by atoms with Crippen LogP contribution in [0.5, 0.6) is 0 Å². The summed E-state index contributed by atoms with van der Waals surface area (Å²) in [5.74, 6) is 0. The Hall–Kier alpha value is -0.970. The van der Waals surface area contributed by atoms with Crippen LogP contribution in [0.25, 0.3) is 0 Å². The lowest BCUT2D eigenvalue weighted by atomic mass is 10.2. The van der Waals surface area contributed by atoms with Gasteiger partial charge in [0.1, 0.15) is 0 Å². The van der Waals surface area contributed by atoms with E-state index in [0.29, 0.717) is 0 Å². The van der Waals surface area contributed by atoms with Crippen LogP contribution in [0, 0.1) is 0 Å². The Morgan fingerprint density at radius 1 is 1.19 bits per heavy atom. The van der Waals surface area contributed by atoms with Gasteiger partial charge in [-0.15, -0.1) is 0 Å². The van der Waals surface area contributed by atoms with Crippen LogP contribution < -0.4 is 5.73 Å². The molecule has 1 aromatic heterocycles. The average Bonchev–Trinajstić information content (AvgIpc) is 2.33. The number of piperazine rings is 1.